The van der Waals surface area contributed by atoms with Crippen LogP contribution in [0.3, 0.4) is 0 Å². The maximum atomic E-state index is 13.4. The molecule has 2 rings (SSSR count). The first-order valence-electron chi connectivity index (χ1n) is 5.50. The van der Waals surface area contributed by atoms with Gasteiger partial charge in [0.05, 0.1) is 5.69 Å². The molecular weight excluding hydrogens is 316 g/mol. The summed E-state index contributed by atoms with van der Waals surface area (Å²) in [6.45, 7) is 1.77. The van der Waals surface area contributed by atoms with Crippen molar-refractivity contribution in [2.75, 3.05) is 5.32 Å². The van der Waals surface area contributed by atoms with E-state index in [1.54, 1.807) is 25.1 Å². The van der Waals surface area contributed by atoms with Crippen LogP contribution >= 0.6 is 15.9 Å². The van der Waals surface area contributed by atoms with Gasteiger partial charge in [0.15, 0.2) is 0 Å². The number of hydrogen-bond acceptors (Lipinski definition) is 1. The quantitative estimate of drug-likeness (QED) is 0.876. The Kier molecular flexibility index (Phi) is 3.95. The minimum absolute atomic E-state index is 0.177. The van der Waals surface area contributed by atoms with E-state index in [2.05, 4.69) is 21.2 Å². The van der Waals surface area contributed by atoms with Crippen molar-refractivity contribution in [3.05, 3.63) is 63.6 Å². The predicted octanol–water partition coefficient (Wildman–Crippen LogP) is 4.29. The number of amides is 1. The highest BCUT2D eigenvalue weighted by atomic mass is 79.9. The van der Waals surface area contributed by atoms with E-state index in [9.17, 15) is 13.6 Å². The molecule has 0 saturated carbocycles. The summed E-state index contributed by atoms with van der Waals surface area (Å²) in [7, 11) is 0. The molecule has 0 aliphatic carbocycles. The largest absolute Gasteiger partial charge is 0.319 e. The second kappa shape index (κ2) is 5.48. The Morgan fingerprint density at radius 1 is 1.16 bits per heavy atom. The lowest BCUT2D eigenvalue weighted by molar-refractivity contribution is 0.102. The third kappa shape index (κ3) is 3.17. The number of carbonyl (C=O) groups is 1. The number of anilines is 1. The normalized spacial score (nSPS) is 10.3. The van der Waals surface area contributed by atoms with Crippen molar-refractivity contribution in [3.63, 3.8) is 0 Å². The molecule has 0 spiro atoms. The van der Waals surface area contributed by atoms with Crippen LogP contribution in [0.25, 0.3) is 0 Å². The lowest BCUT2D eigenvalue weighted by atomic mass is 10.1. The number of halogens is 3. The Morgan fingerprint density at radius 2 is 1.89 bits per heavy atom. The van der Waals surface area contributed by atoms with Gasteiger partial charge in [-0.2, -0.15) is 0 Å². The van der Waals surface area contributed by atoms with E-state index in [0.717, 1.165) is 28.2 Å². The molecule has 1 N–H and O–H groups in total. The molecule has 5 heteroatoms. The Morgan fingerprint density at radius 3 is 2.63 bits per heavy atom. The highest BCUT2D eigenvalue weighted by molar-refractivity contribution is 9.10. The Labute approximate surface area is 117 Å². The average Bonchev–Trinajstić information content (AvgIpc) is 2.36. The molecule has 0 aliphatic rings. The van der Waals surface area contributed by atoms with E-state index >= 15 is 0 Å². The van der Waals surface area contributed by atoms with Crippen LogP contribution in [0.1, 0.15) is 15.9 Å². The van der Waals surface area contributed by atoms with E-state index in [-0.39, 0.29) is 5.69 Å². The first-order valence-corrected chi connectivity index (χ1v) is 6.29. The summed E-state index contributed by atoms with van der Waals surface area (Å²) in [6, 6.07) is 8.10. The van der Waals surface area contributed by atoms with Crippen LogP contribution in [0.2, 0.25) is 0 Å². The molecule has 0 bridgehead atoms. The van der Waals surface area contributed by atoms with Crippen LogP contribution in [0, 0.1) is 18.6 Å². The Bertz CT molecular complexity index is 643. The minimum Gasteiger partial charge on any atom is -0.319 e. The number of hydrogen-bond donors (Lipinski definition) is 1. The van der Waals surface area contributed by atoms with Crippen molar-refractivity contribution in [2.45, 2.75) is 6.92 Å². The van der Waals surface area contributed by atoms with E-state index < -0.39 is 17.5 Å². The third-order valence-electron chi connectivity index (χ3n) is 2.62. The van der Waals surface area contributed by atoms with E-state index in [4.69, 9.17) is 0 Å². The molecule has 0 unspecified atom stereocenters. The summed E-state index contributed by atoms with van der Waals surface area (Å²) in [4.78, 5) is 12.0. The molecule has 1 amide bonds. The summed E-state index contributed by atoms with van der Waals surface area (Å²) in [5, 5.41) is 2.36. The lowest BCUT2D eigenvalue weighted by Gasteiger charge is -2.09. The topological polar surface area (TPSA) is 29.1 Å². The van der Waals surface area contributed by atoms with Crippen molar-refractivity contribution >= 4 is 27.5 Å². The van der Waals surface area contributed by atoms with Crippen molar-refractivity contribution in [3.8, 4) is 0 Å². The molecule has 0 atom stereocenters. The summed E-state index contributed by atoms with van der Waals surface area (Å²) in [5.74, 6) is -1.77. The highest BCUT2D eigenvalue weighted by Crippen LogP contribution is 2.20. The van der Waals surface area contributed by atoms with Gasteiger partial charge in [0.2, 0.25) is 0 Å². The summed E-state index contributed by atoms with van der Waals surface area (Å²) in [6.07, 6.45) is 0. The van der Waals surface area contributed by atoms with Crippen LogP contribution < -0.4 is 5.32 Å². The molecule has 2 aromatic rings. The fourth-order valence-corrected chi connectivity index (χ4v) is 1.98. The second-order valence-corrected chi connectivity index (χ2v) is 4.95. The zero-order valence-corrected chi connectivity index (χ0v) is 11.6. The standard InChI is InChI=1S/C14H10BrF2NO/c1-8-2-3-9(15)6-11(8)14(19)18-13-7-10(16)4-5-12(13)17/h2-7H,1H3,(H,18,19). The van der Waals surface area contributed by atoms with Crippen LogP contribution in [0.4, 0.5) is 14.5 Å². The second-order valence-electron chi connectivity index (χ2n) is 4.04. The van der Waals surface area contributed by atoms with Gasteiger partial charge < -0.3 is 5.32 Å². The van der Waals surface area contributed by atoms with Gasteiger partial charge >= 0.3 is 0 Å². The van der Waals surface area contributed by atoms with Gasteiger partial charge in [-0.3, -0.25) is 4.79 Å². The molecule has 0 aromatic heterocycles. The first kappa shape index (κ1) is 13.7. The monoisotopic (exact) mass is 325 g/mol. The molecule has 0 heterocycles. The average molecular weight is 326 g/mol. The summed E-state index contributed by atoms with van der Waals surface area (Å²) in [5.41, 5.74) is 0.972. The van der Waals surface area contributed by atoms with E-state index in [0.29, 0.717) is 5.56 Å². The first-order chi connectivity index (χ1) is 8.97. The van der Waals surface area contributed by atoms with Gasteiger partial charge in [-0.15, -0.1) is 0 Å². The van der Waals surface area contributed by atoms with Gasteiger partial charge in [-0.1, -0.05) is 22.0 Å². The van der Waals surface area contributed by atoms with Crippen LogP contribution in [0.15, 0.2) is 40.9 Å². The third-order valence-corrected chi connectivity index (χ3v) is 3.11. The Hall–Kier alpha value is -1.75. The lowest BCUT2D eigenvalue weighted by Crippen LogP contribution is -2.14. The molecule has 0 fully saturated rings. The molecule has 98 valence electrons. The van der Waals surface area contributed by atoms with Gasteiger partial charge in [-0.25, -0.2) is 8.78 Å². The predicted molar refractivity (Wildman–Crippen MR) is 73.2 cm³/mol. The molecule has 0 saturated heterocycles. The maximum Gasteiger partial charge on any atom is 0.256 e. The van der Waals surface area contributed by atoms with Gasteiger partial charge in [0, 0.05) is 16.1 Å². The fraction of sp³-hybridized carbons (Fsp3) is 0.0714. The zero-order valence-electron chi connectivity index (χ0n) is 10.0. The summed E-state index contributed by atoms with van der Waals surface area (Å²) >= 11 is 3.26. The van der Waals surface area contributed by atoms with Crippen molar-refractivity contribution in [1.29, 1.82) is 0 Å². The molecular formula is C14H10BrF2NO. The maximum absolute atomic E-state index is 13.4. The van der Waals surface area contributed by atoms with Gasteiger partial charge in [0.1, 0.15) is 11.6 Å². The van der Waals surface area contributed by atoms with Crippen LogP contribution in [-0.2, 0) is 0 Å². The minimum atomic E-state index is -0.678. The number of nitrogens with one attached hydrogen (secondary N) is 1. The van der Waals surface area contributed by atoms with Crippen LogP contribution in [0.5, 0.6) is 0 Å². The highest BCUT2D eigenvalue weighted by Gasteiger charge is 2.12. The van der Waals surface area contributed by atoms with E-state index in [1.165, 1.54) is 0 Å². The van der Waals surface area contributed by atoms with Crippen molar-refractivity contribution in [2.24, 2.45) is 0 Å². The van der Waals surface area contributed by atoms with Crippen molar-refractivity contribution in [1.82, 2.24) is 0 Å². The Balaban J connectivity index is 2.30. The molecule has 0 radical (unpaired) electrons. The summed E-state index contributed by atoms with van der Waals surface area (Å²) < 4.78 is 27.2. The zero-order chi connectivity index (χ0) is 14.0. The van der Waals surface area contributed by atoms with E-state index in [1.807, 2.05) is 0 Å². The number of aryl methyl sites for hydroxylation is 1. The SMILES string of the molecule is Cc1ccc(Br)cc1C(=O)Nc1cc(F)ccc1F. The number of carbonyl (C=O) groups excluding carboxylic acids is 1. The molecule has 2 nitrogen and oxygen atoms in total. The number of rotatable bonds is 2. The smallest absolute Gasteiger partial charge is 0.256 e. The van der Waals surface area contributed by atoms with Gasteiger partial charge in [-0.05, 0) is 36.8 Å². The molecule has 0 aliphatic heterocycles. The van der Waals surface area contributed by atoms with Crippen molar-refractivity contribution < 1.29 is 13.6 Å². The number of benzene rings is 2. The van der Waals surface area contributed by atoms with Crippen LogP contribution in [-0.4, -0.2) is 5.91 Å². The molecule has 19 heavy (non-hydrogen) atoms. The van der Waals surface area contributed by atoms with Gasteiger partial charge in [0.25, 0.3) is 5.91 Å². The fourth-order valence-electron chi connectivity index (χ4n) is 1.62. The molecule has 2 aromatic carbocycles.